The lowest BCUT2D eigenvalue weighted by atomic mass is 10.3. The Hall–Kier alpha value is -2.84. The van der Waals surface area contributed by atoms with Crippen LogP contribution in [-0.4, -0.2) is 20.4 Å². The highest BCUT2D eigenvalue weighted by molar-refractivity contribution is 5.90. The van der Waals surface area contributed by atoms with Crippen LogP contribution < -0.4 is 5.32 Å². The van der Waals surface area contributed by atoms with Crippen molar-refractivity contribution in [2.24, 2.45) is 0 Å². The van der Waals surface area contributed by atoms with Gasteiger partial charge in [0, 0.05) is 19.0 Å². The van der Waals surface area contributed by atoms with Crippen molar-refractivity contribution in [1.29, 1.82) is 0 Å². The molecule has 0 saturated carbocycles. The number of anilines is 1. The number of halogens is 2. The first kappa shape index (κ1) is 14.6. The zero-order valence-electron chi connectivity index (χ0n) is 10.6. The molecule has 1 aromatic carbocycles. The number of hydrogen-bond acceptors (Lipinski definition) is 4. The van der Waals surface area contributed by atoms with Gasteiger partial charge in [0.2, 0.25) is 12.2 Å². The number of amides is 1. The zero-order chi connectivity index (χ0) is 15.4. The second-order valence-electron chi connectivity index (χ2n) is 4.15. The second-order valence-corrected chi connectivity index (χ2v) is 4.15. The highest BCUT2D eigenvalue weighted by Gasteiger charge is 2.12. The van der Waals surface area contributed by atoms with Gasteiger partial charge in [-0.15, -0.1) is 0 Å². The fraction of sp³-hybridized carbons (Fsp3) is 0.167. The molecule has 9 heteroatoms. The van der Waals surface area contributed by atoms with Crippen molar-refractivity contribution in [3.8, 4) is 0 Å². The number of aryl methyl sites for hydroxylation is 1. The Bertz CT molecular complexity index is 687. The van der Waals surface area contributed by atoms with Gasteiger partial charge in [0.1, 0.15) is 17.8 Å². The van der Waals surface area contributed by atoms with Crippen LogP contribution in [0.1, 0.15) is 6.42 Å². The summed E-state index contributed by atoms with van der Waals surface area (Å²) in [5, 5.41) is 12.7. The first-order valence-electron chi connectivity index (χ1n) is 5.87. The molecule has 0 fully saturated rings. The van der Waals surface area contributed by atoms with Crippen LogP contribution in [0.5, 0.6) is 0 Å². The first-order valence-corrected chi connectivity index (χ1v) is 5.87. The molecule has 0 spiro atoms. The number of carbonyl (C=O) groups excluding carboxylic acids is 1. The molecule has 1 amide bonds. The van der Waals surface area contributed by atoms with Crippen LogP contribution in [0.2, 0.25) is 0 Å². The minimum Gasteiger partial charge on any atom is -0.358 e. The van der Waals surface area contributed by atoms with Crippen molar-refractivity contribution < 1.29 is 18.5 Å². The Morgan fingerprint density at radius 2 is 2.19 bits per heavy atom. The third-order valence-electron chi connectivity index (χ3n) is 2.61. The number of carbonyl (C=O) groups is 1. The van der Waals surface area contributed by atoms with Crippen molar-refractivity contribution in [1.82, 2.24) is 9.55 Å². The Morgan fingerprint density at radius 1 is 1.43 bits per heavy atom. The lowest BCUT2D eigenvalue weighted by Crippen LogP contribution is -2.15. The van der Waals surface area contributed by atoms with E-state index in [1.807, 2.05) is 0 Å². The summed E-state index contributed by atoms with van der Waals surface area (Å²) in [5.74, 6) is -2.29. The van der Waals surface area contributed by atoms with Crippen LogP contribution in [0.4, 0.5) is 20.3 Å². The number of hydrogen-bond donors (Lipinski definition) is 1. The van der Waals surface area contributed by atoms with Gasteiger partial charge in [-0.05, 0) is 22.0 Å². The molecular formula is C12H10F2N4O3. The second kappa shape index (κ2) is 6.07. The Morgan fingerprint density at radius 3 is 2.86 bits per heavy atom. The maximum absolute atomic E-state index is 13.3. The van der Waals surface area contributed by atoms with E-state index in [4.69, 9.17) is 0 Å². The molecule has 2 aromatic rings. The van der Waals surface area contributed by atoms with E-state index in [2.05, 4.69) is 10.3 Å². The van der Waals surface area contributed by atoms with E-state index in [0.717, 1.165) is 18.2 Å². The minimum absolute atomic E-state index is 0.0660. The van der Waals surface area contributed by atoms with E-state index in [0.29, 0.717) is 0 Å². The molecule has 0 aliphatic heterocycles. The summed E-state index contributed by atoms with van der Waals surface area (Å²) in [6.45, 7) is 0.129. The molecule has 0 unspecified atom stereocenters. The van der Waals surface area contributed by atoms with Gasteiger partial charge in [-0.2, -0.15) is 0 Å². The molecule has 0 aliphatic rings. The molecule has 0 atom stereocenters. The maximum Gasteiger partial charge on any atom is 0.381 e. The molecule has 0 aliphatic carbocycles. The van der Waals surface area contributed by atoms with Crippen LogP contribution in [0.15, 0.2) is 30.7 Å². The number of rotatable bonds is 5. The van der Waals surface area contributed by atoms with E-state index in [9.17, 15) is 23.7 Å². The Balaban J connectivity index is 1.92. The topological polar surface area (TPSA) is 90.1 Å². The van der Waals surface area contributed by atoms with Crippen LogP contribution in [-0.2, 0) is 11.3 Å². The van der Waals surface area contributed by atoms with Crippen LogP contribution in [0.3, 0.4) is 0 Å². The standard InChI is InChI=1S/C12H10F2N4O3/c13-8-1-2-9(14)10(5-8)16-12(19)3-4-17-6-11(15-7-17)18(20)21/h1-2,5-7H,3-4H2,(H,16,19). The SMILES string of the molecule is O=C(CCn1cnc([N+](=O)[O-])c1)Nc1cc(F)ccc1F. The summed E-state index contributed by atoms with van der Waals surface area (Å²) in [6, 6.07) is 2.72. The predicted octanol–water partition coefficient (Wildman–Crippen LogP) is 2.10. The van der Waals surface area contributed by atoms with E-state index in [1.54, 1.807) is 0 Å². The summed E-state index contributed by atoms with van der Waals surface area (Å²) in [4.78, 5) is 24.9. The van der Waals surface area contributed by atoms with Crippen LogP contribution >= 0.6 is 0 Å². The monoisotopic (exact) mass is 296 g/mol. The first-order chi connectivity index (χ1) is 9.95. The smallest absolute Gasteiger partial charge is 0.358 e. The summed E-state index contributed by atoms with van der Waals surface area (Å²) in [6.07, 6.45) is 2.33. The number of imidazole rings is 1. The molecule has 21 heavy (non-hydrogen) atoms. The number of nitrogens with one attached hydrogen (secondary N) is 1. The van der Waals surface area contributed by atoms with Gasteiger partial charge in [-0.3, -0.25) is 4.79 Å². The quantitative estimate of drug-likeness (QED) is 0.675. The average molecular weight is 296 g/mol. The largest absolute Gasteiger partial charge is 0.381 e. The predicted molar refractivity (Wildman–Crippen MR) is 68.5 cm³/mol. The van der Waals surface area contributed by atoms with Gasteiger partial charge in [0.05, 0.1) is 5.69 Å². The van der Waals surface area contributed by atoms with Crippen molar-refractivity contribution >= 4 is 17.4 Å². The van der Waals surface area contributed by atoms with E-state index >= 15 is 0 Å². The summed E-state index contributed by atoms with van der Waals surface area (Å²) in [5.41, 5.74) is -0.253. The van der Waals surface area contributed by atoms with Crippen molar-refractivity contribution in [3.63, 3.8) is 0 Å². The number of nitro groups is 1. The third kappa shape index (κ3) is 3.81. The normalized spacial score (nSPS) is 10.4. The maximum atomic E-state index is 13.3. The van der Waals surface area contributed by atoms with E-state index in [-0.39, 0.29) is 24.5 Å². The lowest BCUT2D eigenvalue weighted by molar-refractivity contribution is -0.389. The molecule has 0 radical (unpaired) electrons. The average Bonchev–Trinajstić information content (AvgIpc) is 2.90. The molecule has 2 rings (SSSR count). The molecule has 1 heterocycles. The molecule has 110 valence electrons. The fourth-order valence-electron chi connectivity index (χ4n) is 1.60. The molecule has 7 nitrogen and oxygen atoms in total. The lowest BCUT2D eigenvalue weighted by Gasteiger charge is -2.06. The van der Waals surface area contributed by atoms with Crippen molar-refractivity contribution in [3.05, 3.63) is 52.5 Å². The summed E-state index contributed by atoms with van der Waals surface area (Å²) < 4.78 is 27.6. The summed E-state index contributed by atoms with van der Waals surface area (Å²) in [7, 11) is 0. The highest BCUT2D eigenvalue weighted by Crippen LogP contribution is 2.15. The van der Waals surface area contributed by atoms with Gasteiger partial charge in [0.15, 0.2) is 0 Å². The van der Waals surface area contributed by atoms with E-state index < -0.39 is 22.5 Å². The summed E-state index contributed by atoms with van der Waals surface area (Å²) >= 11 is 0. The molecular weight excluding hydrogens is 286 g/mol. The fourth-order valence-corrected chi connectivity index (χ4v) is 1.60. The van der Waals surface area contributed by atoms with Gasteiger partial charge in [-0.1, -0.05) is 0 Å². The van der Waals surface area contributed by atoms with Crippen LogP contribution in [0, 0.1) is 21.7 Å². The van der Waals surface area contributed by atoms with Gasteiger partial charge in [0.25, 0.3) is 0 Å². The number of aromatic nitrogens is 2. The molecule has 0 saturated heterocycles. The van der Waals surface area contributed by atoms with E-state index in [1.165, 1.54) is 17.1 Å². The van der Waals surface area contributed by atoms with Gasteiger partial charge in [-0.25, -0.2) is 8.78 Å². The molecule has 0 bridgehead atoms. The zero-order valence-corrected chi connectivity index (χ0v) is 10.6. The van der Waals surface area contributed by atoms with Gasteiger partial charge < -0.3 is 20.0 Å². The number of benzene rings is 1. The van der Waals surface area contributed by atoms with Crippen molar-refractivity contribution in [2.75, 3.05) is 5.32 Å². The molecule has 1 N–H and O–H groups in total. The van der Waals surface area contributed by atoms with Crippen LogP contribution in [0.25, 0.3) is 0 Å². The third-order valence-corrected chi connectivity index (χ3v) is 2.61. The Labute approximate surface area is 117 Å². The van der Waals surface area contributed by atoms with Crippen molar-refractivity contribution in [2.45, 2.75) is 13.0 Å². The minimum atomic E-state index is -0.747. The molecule has 1 aromatic heterocycles. The Kier molecular flexibility index (Phi) is 4.21. The highest BCUT2D eigenvalue weighted by atomic mass is 19.1. The van der Waals surface area contributed by atoms with Gasteiger partial charge >= 0.3 is 5.82 Å². The number of nitrogens with zero attached hydrogens (tertiary/aromatic N) is 3.